The van der Waals surface area contributed by atoms with E-state index in [-0.39, 0.29) is 65.0 Å². The summed E-state index contributed by atoms with van der Waals surface area (Å²) in [5.74, 6) is 4.18. The van der Waals surface area contributed by atoms with Gasteiger partial charge in [-0.1, -0.05) is 0 Å². The molecule has 4 fully saturated rings. The number of non-ortho nitro benzene ring substituents is 1. The van der Waals surface area contributed by atoms with Gasteiger partial charge in [-0.2, -0.15) is 5.10 Å². The number of nitrogens with zero attached hydrogens (tertiary/aromatic N) is 8. The minimum absolute atomic E-state index is 0.00769. The Balaban J connectivity index is 0.804. The van der Waals surface area contributed by atoms with Crippen LogP contribution in [0, 0.1) is 22.0 Å². The molecule has 1 saturated carbocycles. The van der Waals surface area contributed by atoms with Crippen LogP contribution < -0.4 is 15.5 Å². The number of amides is 3. The zero-order valence-electron chi connectivity index (χ0n) is 34.2. The molecule has 9 rings (SSSR count). The second-order valence-corrected chi connectivity index (χ2v) is 16.8. The summed E-state index contributed by atoms with van der Waals surface area (Å²) in [6, 6.07) is 10.6. The van der Waals surface area contributed by atoms with E-state index in [9.17, 15) is 34.1 Å². The Morgan fingerprint density at radius 1 is 0.952 bits per heavy atom. The number of hydrogen-bond donors (Lipinski definition) is 2. The smallest absolute Gasteiger partial charge is 0.269 e. The summed E-state index contributed by atoms with van der Waals surface area (Å²) < 4.78 is 7.67. The van der Waals surface area contributed by atoms with Gasteiger partial charge in [0.05, 0.1) is 59.0 Å². The summed E-state index contributed by atoms with van der Waals surface area (Å²) in [6.45, 7) is 5.75. The Hall–Kier alpha value is -6.74. The van der Waals surface area contributed by atoms with Crippen molar-refractivity contribution in [3.8, 4) is 11.4 Å². The number of morpholine rings is 1. The first-order valence-electron chi connectivity index (χ1n) is 21.3. The maximum absolute atomic E-state index is 13.8. The summed E-state index contributed by atoms with van der Waals surface area (Å²) in [5, 5.41) is 23.1. The quantitative estimate of drug-likeness (QED) is 0.103. The summed E-state index contributed by atoms with van der Waals surface area (Å²) in [7, 11) is 0. The van der Waals surface area contributed by atoms with Gasteiger partial charge in [-0.25, -0.2) is 24.2 Å². The van der Waals surface area contributed by atoms with Gasteiger partial charge in [-0.3, -0.25) is 29.4 Å². The highest BCUT2D eigenvalue weighted by molar-refractivity contribution is 6.22. The lowest BCUT2D eigenvalue weighted by atomic mass is 9.81. The van der Waals surface area contributed by atoms with Gasteiger partial charge in [0, 0.05) is 61.9 Å². The molecule has 2 N–H and O–H groups in total. The van der Waals surface area contributed by atoms with Crippen molar-refractivity contribution >= 4 is 57.8 Å². The number of imide groups is 1. The topological polar surface area (TPSA) is 215 Å². The van der Waals surface area contributed by atoms with Crippen LogP contribution in [-0.2, 0) is 19.1 Å². The monoisotopic (exact) mass is 842 g/mol. The van der Waals surface area contributed by atoms with E-state index in [1.807, 2.05) is 15.8 Å². The standard InChI is InChI=1S/C44H46N10O8/c1-26-25-62-19-18-51(26)40-36-22-46-53(41(36)49-39(48-40)28-6-10-33(11-7-28)54(60)61)32-14-16-50(17-15-32)42(57)29-4-2-27(3-5-29)21-45-30-8-12-34-35(20-30)44(59)52(43(34)58)38-13-9-31(23-55)47-37(38)24-56/h6-8,10-12,20,22,26-27,29,32,38,45,47H,2-5,9,13-19,21,25H2,1H3/t26-,27-,29-,38?/m0/s1. The highest BCUT2D eigenvalue weighted by atomic mass is 16.6. The zero-order chi connectivity index (χ0) is 43.1. The SMILES string of the molecule is C[C@H]1COCCN1c1nc(-c2ccc([N+](=O)[O-])cc2)nc2c1cnn2C1CCN(C(=O)[C@H]2CC[C@H](CNc3ccc4c(c3)C(=O)N(C3CCC(=C=O)NC3=C=O)C4=O)CC2)CC1. The lowest BCUT2D eigenvalue weighted by Gasteiger charge is -2.36. The molecule has 320 valence electrons. The van der Waals surface area contributed by atoms with Gasteiger partial charge < -0.3 is 25.2 Å². The van der Waals surface area contributed by atoms with Gasteiger partial charge in [0.2, 0.25) is 5.91 Å². The Bertz CT molecular complexity index is 2550. The van der Waals surface area contributed by atoms with Crippen LogP contribution in [-0.4, -0.2) is 116 Å². The molecule has 4 aromatic rings. The fourth-order valence-electron chi connectivity index (χ4n) is 9.58. The molecule has 62 heavy (non-hydrogen) atoms. The number of anilines is 2. The molecule has 5 aliphatic rings. The maximum Gasteiger partial charge on any atom is 0.269 e. The summed E-state index contributed by atoms with van der Waals surface area (Å²) in [4.78, 5) is 89.4. The lowest BCUT2D eigenvalue weighted by Crippen LogP contribution is -2.46. The minimum Gasteiger partial charge on any atom is -0.385 e. The van der Waals surface area contributed by atoms with Crippen molar-refractivity contribution in [3.05, 3.63) is 81.3 Å². The predicted octanol–water partition coefficient (Wildman–Crippen LogP) is 4.49. The first kappa shape index (κ1) is 40.7. The van der Waals surface area contributed by atoms with Gasteiger partial charge in [0.25, 0.3) is 17.5 Å². The molecule has 18 heteroatoms. The molecule has 0 spiro atoms. The van der Waals surface area contributed by atoms with E-state index in [0.717, 1.165) is 54.6 Å². The first-order valence-corrected chi connectivity index (χ1v) is 21.3. The van der Waals surface area contributed by atoms with E-state index in [4.69, 9.17) is 19.8 Å². The number of likely N-dealkylation sites (tertiary alicyclic amines) is 1. The van der Waals surface area contributed by atoms with Crippen molar-refractivity contribution in [2.75, 3.05) is 49.6 Å². The van der Waals surface area contributed by atoms with E-state index in [1.54, 1.807) is 42.2 Å². The molecule has 0 radical (unpaired) electrons. The Morgan fingerprint density at radius 3 is 2.42 bits per heavy atom. The number of allylic oxidation sites excluding steroid dienone is 1. The normalized spacial score (nSPS) is 23.2. The molecule has 2 aromatic heterocycles. The van der Waals surface area contributed by atoms with E-state index < -0.39 is 22.8 Å². The summed E-state index contributed by atoms with van der Waals surface area (Å²) >= 11 is 0. The summed E-state index contributed by atoms with van der Waals surface area (Å²) in [5.41, 5.74) is 2.73. The molecule has 4 aliphatic heterocycles. The Kier molecular flexibility index (Phi) is 11.1. The van der Waals surface area contributed by atoms with Gasteiger partial charge in [-0.05, 0) is 88.1 Å². The van der Waals surface area contributed by atoms with Crippen LogP contribution in [0.2, 0.25) is 0 Å². The van der Waals surface area contributed by atoms with Crippen LogP contribution in [0.15, 0.2) is 60.1 Å². The van der Waals surface area contributed by atoms with E-state index in [1.165, 1.54) is 12.1 Å². The third kappa shape index (κ3) is 7.61. The third-order valence-corrected chi connectivity index (χ3v) is 13.1. The molecular formula is C44H46N10O8. The van der Waals surface area contributed by atoms with Crippen LogP contribution in [0.5, 0.6) is 0 Å². The van der Waals surface area contributed by atoms with Gasteiger partial charge in [-0.15, -0.1) is 0 Å². The van der Waals surface area contributed by atoms with Crippen molar-refractivity contribution < 1.29 is 33.6 Å². The summed E-state index contributed by atoms with van der Waals surface area (Å²) in [6.07, 6.45) is 7.07. The average molecular weight is 843 g/mol. The molecule has 18 nitrogen and oxygen atoms in total. The zero-order valence-corrected chi connectivity index (χ0v) is 34.2. The molecular weight excluding hydrogens is 797 g/mol. The number of nitro benzene ring substituents is 1. The highest BCUT2D eigenvalue weighted by Crippen LogP contribution is 2.37. The van der Waals surface area contributed by atoms with Gasteiger partial charge >= 0.3 is 0 Å². The van der Waals surface area contributed by atoms with E-state index in [0.29, 0.717) is 68.0 Å². The largest absolute Gasteiger partial charge is 0.385 e. The fraction of sp³-hybridized carbons (Fsp3) is 0.455. The van der Waals surface area contributed by atoms with Crippen LogP contribution in [0.1, 0.15) is 85.0 Å². The number of ether oxygens (including phenoxy) is 1. The number of carbonyl (C=O) groups excluding carboxylic acids is 5. The number of carbonyl (C=O) groups is 3. The minimum atomic E-state index is -0.839. The Labute approximate surface area is 356 Å². The molecule has 6 heterocycles. The predicted molar refractivity (Wildman–Crippen MR) is 225 cm³/mol. The second kappa shape index (κ2) is 17.0. The molecule has 1 aliphatic carbocycles. The number of nitrogens with one attached hydrogen (secondary N) is 2. The lowest BCUT2D eigenvalue weighted by molar-refractivity contribution is -0.384. The number of nitro groups is 1. The molecule has 3 amide bonds. The van der Waals surface area contributed by atoms with E-state index in [2.05, 4.69) is 22.5 Å². The molecule has 0 bridgehead atoms. The number of aromatic nitrogens is 4. The molecule has 2 atom stereocenters. The van der Waals surface area contributed by atoms with Crippen molar-refractivity contribution in [2.45, 2.75) is 76.4 Å². The van der Waals surface area contributed by atoms with Crippen LogP contribution >= 0.6 is 0 Å². The number of hydrogen-bond acceptors (Lipinski definition) is 14. The molecule has 1 unspecified atom stereocenters. The maximum atomic E-state index is 13.8. The number of rotatable bonds is 9. The number of benzene rings is 2. The third-order valence-electron chi connectivity index (χ3n) is 13.1. The number of fused-ring (bicyclic) bond motifs is 2. The highest BCUT2D eigenvalue weighted by Gasteiger charge is 2.43. The van der Waals surface area contributed by atoms with Crippen LogP contribution in [0.4, 0.5) is 17.2 Å². The van der Waals surface area contributed by atoms with Crippen molar-refractivity contribution in [1.29, 1.82) is 0 Å². The Morgan fingerprint density at radius 2 is 1.71 bits per heavy atom. The van der Waals surface area contributed by atoms with Crippen molar-refractivity contribution in [3.63, 3.8) is 0 Å². The van der Waals surface area contributed by atoms with Crippen LogP contribution in [0.25, 0.3) is 22.4 Å². The second-order valence-electron chi connectivity index (χ2n) is 16.8. The van der Waals surface area contributed by atoms with Crippen molar-refractivity contribution in [1.82, 2.24) is 34.9 Å². The van der Waals surface area contributed by atoms with E-state index >= 15 is 0 Å². The molecule has 2 aromatic carbocycles. The fourth-order valence-corrected chi connectivity index (χ4v) is 9.58. The van der Waals surface area contributed by atoms with Crippen LogP contribution in [0.3, 0.4) is 0 Å². The average Bonchev–Trinajstić information content (AvgIpc) is 3.85. The first-order chi connectivity index (χ1) is 30.1. The van der Waals surface area contributed by atoms with Gasteiger partial charge in [0.15, 0.2) is 11.5 Å². The van der Waals surface area contributed by atoms with Gasteiger partial charge in [0.1, 0.15) is 29.1 Å². The van der Waals surface area contributed by atoms with Crippen molar-refractivity contribution in [2.24, 2.45) is 11.8 Å². The number of piperidine rings is 2. The molecule has 3 saturated heterocycles.